The summed E-state index contributed by atoms with van der Waals surface area (Å²) in [6.07, 6.45) is 0.753. The van der Waals surface area contributed by atoms with Gasteiger partial charge in [-0.2, -0.15) is 0 Å². The summed E-state index contributed by atoms with van der Waals surface area (Å²) in [5, 5.41) is 9.54. The average Bonchev–Trinajstić information content (AvgIpc) is 2.42. The maximum absolute atomic E-state index is 12.5. The Kier molecular flexibility index (Phi) is 10.9. The summed E-state index contributed by atoms with van der Waals surface area (Å²) in [5.41, 5.74) is -0.647. The lowest BCUT2D eigenvalue weighted by Gasteiger charge is -2.28. The number of carbonyl (C=O) groups is 2. The molecule has 0 bridgehead atoms. The lowest BCUT2D eigenvalue weighted by molar-refractivity contribution is -0.168. The molecule has 24 heavy (non-hydrogen) atoms. The van der Waals surface area contributed by atoms with Gasteiger partial charge in [0.2, 0.25) is 0 Å². The van der Waals surface area contributed by atoms with E-state index in [0.29, 0.717) is 39.3 Å². The normalized spacial score (nSPS) is 14.5. The molecule has 0 aliphatic heterocycles. The molecule has 0 aromatic carbocycles. The number of hydrogen-bond donors (Lipinski definition) is 1. The molecule has 6 heteroatoms. The number of rotatable bonds is 12. The first-order chi connectivity index (χ1) is 11.1. The lowest BCUT2D eigenvalue weighted by Crippen LogP contribution is -2.37. The van der Waals surface area contributed by atoms with Crippen molar-refractivity contribution in [2.75, 3.05) is 26.4 Å². The Morgan fingerprint density at radius 3 is 2.04 bits per heavy atom. The molecule has 0 aliphatic rings. The lowest BCUT2D eigenvalue weighted by atomic mass is 9.83. The molecule has 0 saturated carbocycles. The molecular weight excluding hydrogens is 312 g/mol. The molecule has 0 fully saturated rings. The molecular formula is C18H34O6. The maximum Gasteiger partial charge on any atom is 0.310 e. The predicted molar refractivity (Wildman–Crippen MR) is 91.8 cm³/mol. The summed E-state index contributed by atoms with van der Waals surface area (Å²) in [6.45, 7) is 13.0. The Morgan fingerprint density at radius 2 is 1.58 bits per heavy atom. The Labute approximate surface area is 145 Å². The van der Waals surface area contributed by atoms with Crippen molar-refractivity contribution in [3.05, 3.63) is 0 Å². The summed E-state index contributed by atoms with van der Waals surface area (Å²) in [4.78, 5) is 24.1. The van der Waals surface area contributed by atoms with Gasteiger partial charge in [-0.1, -0.05) is 13.8 Å². The van der Waals surface area contributed by atoms with Crippen LogP contribution in [0.25, 0.3) is 0 Å². The number of esters is 1. The van der Waals surface area contributed by atoms with Gasteiger partial charge < -0.3 is 19.3 Å². The molecule has 0 saturated heterocycles. The molecule has 142 valence electrons. The molecule has 1 N–H and O–H groups in total. The molecule has 2 unspecified atom stereocenters. The monoisotopic (exact) mass is 346 g/mol. The molecule has 2 atom stereocenters. The van der Waals surface area contributed by atoms with Crippen LogP contribution in [0.1, 0.15) is 54.4 Å². The van der Waals surface area contributed by atoms with Gasteiger partial charge in [0.05, 0.1) is 25.0 Å². The minimum Gasteiger partial charge on any atom is -0.481 e. The smallest absolute Gasteiger partial charge is 0.310 e. The summed E-state index contributed by atoms with van der Waals surface area (Å²) in [6, 6.07) is 0. The zero-order chi connectivity index (χ0) is 18.8. The second-order valence-corrected chi connectivity index (χ2v) is 7.31. The van der Waals surface area contributed by atoms with E-state index < -0.39 is 29.4 Å². The second kappa shape index (κ2) is 11.4. The second-order valence-electron chi connectivity index (χ2n) is 7.31. The van der Waals surface area contributed by atoms with Crippen molar-refractivity contribution < 1.29 is 28.9 Å². The summed E-state index contributed by atoms with van der Waals surface area (Å²) in [5.74, 6) is -2.74. The highest BCUT2D eigenvalue weighted by Crippen LogP contribution is 2.27. The molecule has 0 spiro atoms. The van der Waals surface area contributed by atoms with Crippen LogP contribution in [0, 0.1) is 17.8 Å². The van der Waals surface area contributed by atoms with Crippen LogP contribution < -0.4 is 0 Å². The number of carboxylic acids is 1. The number of aliphatic carboxylic acids is 1. The van der Waals surface area contributed by atoms with Crippen molar-refractivity contribution in [1.82, 2.24) is 0 Å². The third-order valence-corrected chi connectivity index (χ3v) is 3.39. The molecule has 0 aromatic heterocycles. The van der Waals surface area contributed by atoms with Gasteiger partial charge in [0, 0.05) is 13.2 Å². The van der Waals surface area contributed by atoms with Crippen LogP contribution in [0.3, 0.4) is 0 Å². The van der Waals surface area contributed by atoms with Gasteiger partial charge in [-0.3, -0.25) is 9.59 Å². The molecule has 0 aliphatic carbocycles. The highest BCUT2D eigenvalue weighted by atomic mass is 16.6. The number of hydrogen-bond acceptors (Lipinski definition) is 5. The van der Waals surface area contributed by atoms with Gasteiger partial charge in [0.25, 0.3) is 0 Å². The van der Waals surface area contributed by atoms with Crippen LogP contribution in [-0.4, -0.2) is 49.1 Å². The fourth-order valence-electron chi connectivity index (χ4n) is 2.38. The SMILES string of the molecule is CCOCCOCCC(C(=O)OC(C)(C)C)C(CC(C)C)C(=O)O. The predicted octanol–water partition coefficient (Wildman–Crippen LogP) is 3.13. The van der Waals surface area contributed by atoms with Gasteiger partial charge in [0.1, 0.15) is 5.60 Å². The Bertz CT molecular complexity index is 372. The molecule has 0 aromatic rings. The van der Waals surface area contributed by atoms with Crippen LogP contribution in [0.5, 0.6) is 0 Å². The van der Waals surface area contributed by atoms with Gasteiger partial charge in [0.15, 0.2) is 0 Å². The third kappa shape index (κ3) is 10.6. The van der Waals surface area contributed by atoms with Crippen molar-refractivity contribution in [1.29, 1.82) is 0 Å². The zero-order valence-corrected chi connectivity index (χ0v) is 16.0. The van der Waals surface area contributed by atoms with Crippen LogP contribution in [0.2, 0.25) is 0 Å². The maximum atomic E-state index is 12.5. The minimum absolute atomic E-state index is 0.176. The first-order valence-corrected chi connectivity index (χ1v) is 8.69. The third-order valence-electron chi connectivity index (χ3n) is 3.39. The van der Waals surface area contributed by atoms with Crippen LogP contribution in [0.4, 0.5) is 0 Å². The fraction of sp³-hybridized carbons (Fsp3) is 0.889. The first-order valence-electron chi connectivity index (χ1n) is 8.69. The van der Waals surface area contributed by atoms with Gasteiger partial charge in [-0.15, -0.1) is 0 Å². The van der Waals surface area contributed by atoms with Crippen LogP contribution in [0.15, 0.2) is 0 Å². The van der Waals surface area contributed by atoms with E-state index in [4.69, 9.17) is 14.2 Å². The summed E-state index contributed by atoms with van der Waals surface area (Å²) < 4.78 is 16.1. The quantitative estimate of drug-likeness (QED) is 0.432. The first kappa shape index (κ1) is 22.9. The number of carbonyl (C=O) groups excluding carboxylic acids is 1. The van der Waals surface area contributed by atoms with Crippen molar-refractivity contribution in [2.24, 2.45) is 17.8 Å². The largest absolute Gasteiger partial charge is 0.481 e. The van der Waals surface area contributed by atoms with E-state index in [-0.39, 0.29) is 5.92 Å². The molecule has 6 nitrogen and oxygen atoms in total. The summed E-state index contributed by atoms with van der Waals surface area (Å²) >= 11 is 0. The highest BCUT2D eigenvalue weighted by molar-refractivity contribution is 5.81. The van der Waals surface area contributed by atoms with E-state index >= 15 is 0 Å². The van der Waals surface area contributed by atoms with Gasteiger partial charge in [-0.25, -0.2) is 0 Å². The van der Waals surface area contributed by atoms with E-state index in [2.05, 4.69) is 0 Å². The van der Waals surface area contributed by atoms with Gasteiger partial charge >= 0.3 is 11.9 Å². The Balaban J connectivity index is 4.86. The highest BCUT2D eigenvalue weighted by Gasteiger charge is 2.36. The zero-order valence-electron chi connectivity index (χ0n) is 16.0. The topological polar surface area (TPSA) is 82.1 Å². The molecule has 0 rings (SSSR count). The fourth-order valence-corrected chi connectivity index (χ4v) is 2.38. The van der Waals surface area contributed by atoms with Crippen LogP contribution >= 0.6 is 0 Å². The summed E-state index contributed by atoms with van der Waals surface area (Å²) in [7, 11) is 0. The van der Waals surface area contributed by atoms with Crippen molar-refractivity contribution in [3.8, 4) is 0 Å². The van der Waals surface area contributed by atoms with Crippen molar-refractivity contribution in [2.45, 2.75) is 60.0 Å². The molecule has 0 radical (unpaired) electrons. The van der Waals surface area contributed by atoms with Crippen molar-refractivity contribution in [3.63, 3.8) is 0 Å². The molecule has 0 heterocycles. The Morgan fingerprint density at radius 1 is 1.00 bits per heavy atom. The van der Waals surface area contributed by atoms with E-state index in [0.717, 1.165) is 0 Å². The van der Waals surface area contributed by atoms with E-state index in [1.165, 1.54) is 0 Å². The van der Waals surface area contributed by atoms with Crippen LogP contribution in [-0.2, 0) is 23.8 Å². The Hall–Kier alpha value is -1.14. The van der Waals surface area contributed by atoms with E-state index in [1.807, 2.05) is 20.8 Å². The number of carboxylic acid groups (broad SMARTS) is 1. The number of ether oxygens (including phenoxy) is 3. The molecule has 0 amide bonds. The minimum atomic E-state index is -0.964. The van der Waals surface area contributed by atoms with E-state index in [1.54, 1.807) is 20.8 Å². The van der Waals surface area contributed by atoms with E-state index in [9.17, 15) is 14.7 Å². The standard InChI is InChI=1S/C18H34O6/c1-7-22-10-11-23-9-8-14(17(21)24-18(4,5)6)15(16(19)20)12-13(2)3/h13-15H,7-12H2,1-6H3,(H,19,20). The average molecular weight is 346 g/mol. The van der Waals surface area contributed by atoms with Gasteiger partial charge in [-0.05, 0) is 46.5 Å². The van der Waals surface area contributed by atoms with Crippen molar-refractivity contribution >= 4 is 11.9 Å².